The Morgan fingerprint density at radius 2 is 1.54 bits per heavy atom. The van der Waals surface area contributed by atoms with Crippen molar-refractivity contribution in [3.63, 3.8) is 0 Å². The third-order valence-electron chi connectivity index (χ3n) is 7.39. The van der Waals surface area contributed by atoms with Gasteiger partial charge in [0.05, 0.1) is 0 Å². The summed E-state index contributed by atoms with van der Waals surface area (Å²) in [4.78, 5) is 54.7. The molecule has 9 nitrogen and oxygen atoms in total. The Morgan fingerprint density at radius 3 is 2.11 bits per heavy atom. The lowest BCUT2D eigenvalue weighted by atomic mass is 9.71. The van der Waals surface area contributed by atoms with Crippen LogP contribution in [0.4, 0.5) is 15.3 Å². The highest BCUT2D eigenvalue weighted by Crippen LogP contribution is 2.42. The number of nitrogens with one attached hydrogen (secondary N) is 1. The highest BCUT2D eigenvalue weighted by atomic mass is 16.6. The van der Waals surface area contributed by atoms with E-state index in [1.165, 1.54) is 4.90 Å². The maximum absolute atomic E-state index is 13.3. The number of amides is 5. The predicted octanol–water partition coefficient (Wildman–Crippen LogP) is 3.69. The van der Waals surface area contributed by atoms with Crippen LogP contribution < -0.4 is 10.2 Å². The minimum absolute atomic E-state index is 0.0409. The first-order valence-electron chi connectivity index (χ1n) is 12.5. The molecule has 3 heterocycles. The van der Waals surface area contributed by atoms with Gasteiger partial charge in [-0.1, -0.05) is 6.07 Å². The van der Waals surface area contributed by atoms with Crippen LogP contribution in [0.2, 0.25) is 0 Å². The first-order chi connectivity index (χ1) is 16.5. The molecule has 0 radical (unpaired) electrons. The molecule has 0 aromatic heterocycles. The minimum Gasteiger partial charge on any atom is -0.444 e. The molecule has 190 valence electrons. The topological polar surface area (TPSA) is 99.3 Å². The number of imide groups is 1. The monoisotopic (exact) mass is 484 g/mol. The summed E-state index contributed by atoms with van der Waals surface area (Å²) in [5.41, 5.74) is 1.74. The Labute approximate surface area is 206 Å². The van der Waals surface area contributed by atoms with Crippen molar-refractivity contribution in [2.75, 3.05) is 37.6 Å². The second kappa shape index (κ2) is 9.51. The smallest absolute Gasteiger partial charge is 0.410 e. The van der Waals surface area contributed by atoms with Gasteiger partial charge in [-0.3, -0.25) is 19.8 Å². The Balaban J connectivity index is 1.36. The van der Waals surface area contributed by atoms with E-state index in [4.69, 9.17) is 4.74 Å². The fourth-order valence-corrected chi connectivity index (χ4v) is 5.18. The van der Waals surface area contributed by atoms with E-state index in [-0.39, 0.29) is 29.7 Å². The van der Waals surface area contributed by atoms with Crippen molar-refractivity contribution >= 4 is 29.6 Å². The van der Waals surface area contributed by atoms with E-state index in [9.17, 15) is 19.2 Å². The van der Waals surface area contributed by atoms with Crippen LogP contribution in [-0.4, -0.2) is 72.1 Å². The SMILES string of the molecule is Cc1ccc(C(=O)N2CCC3(CCN(C(=O)OC(C)(C)C)CC3)CC2)cc1N1CCC(=O)NC1=O. The number of aryl methyl sites for hydroxylation is 1. The molecule has 35 heavy (non-hydrogen) atoms. The van der Waals surface area contributed by atoms with Crippen LogP contribution in [0.3, 0.4) is 0 Å². The Kier molecular flexibility index (Phi) is 6.79. The van der Waals surface area contributed by atoms with Gasteiger partial charge in [0.2, 0.25) is 5.91 Å². The number of rotatable bonds is 2. The number of carbonyl (C=O) groups is 4. The third kappa shape index (κ3) is 5.60. The molecule has 3 fully saturated rings. The molecule has 0 bridgehead atoms. The average molecular weight is 485 g/mol. The summed E-state index contributed by atoms with van der Waals surface area (Å²) in [6, 6.07) is 4.96. The van der Waals surface area contributed by atoms with Crippen LogP contribution in [0, 0.1) is 12.3 Å². The van der Waals surface area contributed by atoms with E-state index in [0.29, 0.717) is 44.0 Å². The molecule has 3 saturated heterocycles. The van der Waals surface area contributed by atoms with Gasteiger partial charge in [0.25, 0.3) is 5.91 Å². The molecular formula is C26H36N4O5. The molecule has 1 aromatic carbocycles. The van der Waals surface area contributed by atoms with Gasteiger partial charge in [-0.2, -0.15) is 0 Å². The lowest BCUT2D eigenvalue weighted by Gasteiger charge is -2.46. The molecule has 0 unspecified atom stereocenters. The highest BCUT2D eigenvalue weighted by Gasteiger charge is 2.40. The maximum Gasteiger partial charge on any atom is 0.410 e. The van der Waals surface area contributed by atoms with Crippen LogP contribution in [0.1, 0.15) is 68.8 Å². The van der Waals surface area contributed by atoms with Crippen LogP contribution in [-0.2, 0) is 9.53 Å². The number of ether oxygens (including phenoxy) is 1. The number of nitrogens with zero attached hydrogens (tertiary/aromatic N) is 3. The molecular weight excluding hydrogens is 448 g/mol. The summed E-state index contributed by atoms with van der Waals surface area (Å²) >= 11 is 0. The Morgan fingerprint density at radius 1 is 0.943 bits per heavy atom. The van der Waals surface area contributed by atoms with Crippen molar-refractivity contribution in [1.82, 2.24) is 15.1 Å². The zero-order chi connectivity index (χ0) is 25.4. The highest BCUT2D eigenvalue weighted by molar-refractivity contribution is 6.06. The number of likely N-dealkylation sites (tertiary alicyclic amines) is 2. The summed E-state index contributed by atoms with van der Waals surface area (Å²) < 4.78 is 5.51. The normalized spacial score (nSPS) is 20.6. The van der Waals surface area contributed by atoms with Crippen LogP contribution >= 0.6 is 0 Å². The Bertz CT molecular complexity index is 1010. The summed E-state index contributed by atoms with van der Waals surface area (Å²) in [6.07, 6.45) is 3.66. The maximum atomic E-state index is 13.3. The Hall–Kier alpha value is -3.10. The number of hydrogen-bond donors (Lipinski definition) is 1. The zero-order valence-corrected chi connectivity index (χ0v) is 21.2. The lowest BCUT2D eigenvalue weighted by molar-refractivity contribution is -0.120. The molecule has 3 aliphatic rings. The van der Waals surface area contributed by atoms with Crippen molar-refractivity contribution in [3.05, 3.63) is 29.3 Å². The standard InChI is InChI=1S/C26H36N4O5/c1-18-5-6-19(17-20(18)30-12-7-21(31)27-23(30)33)22(32)28-13-8-26(9-14-28)10-15-29(16-11-26)24(34)35-25(2,3)4/h5-6,17H,7-16H2,1-4H3,(H,27,31,33). The van der Waals surface area contributed by atoms with Gasteiger partial charge in [-0.15, -0.1) is 0 Å². The predicted molar refractivity (Wildman–Crippen MR) is 131 cm³/mol. The molecule has 3 aliphatic heterocycles. The van der Waals surface area contributed by atoms with E-state index < -0.39 is 11.6 Å². The minimum atomic E-state index is -0.497. The van der Waals surface area contributed by atoms with Gasteiger partial charge >= 0.3 is 12.1 Å². The average Bonchev–Trinajstić information content (AvgIpc) is 2.79. The van der Waals surface area contributed by atoms with Crippen molar-refractivity contribution in [3.8, 4) is 0 Å². The van der Waals surface area contributed by atoms with Crippen molar-refractivity contribution < 1.29 is 23.9 Å². The molecule has 5 amide bonds. The molecule has 1 N–H and O–H groups in total. The summed E-state index contributed by atoms with van der Waals surface area (Å²) in [5.74, 6) is -0.323. The van der Waals surface area contributed by atoms with E-state index in [1.54, 1.807) is 17.0 Å². The molecule has 1 spiro atoms. The number of anilines is 1. The van der Waals surface area contributed by atoms with Crippen molar-refractivity contribution in [1.29, 1.82) is 0 Å². The van der Waals surface area contributed by atoms with E-state index in [1.807, 2.05) is 38.7 Å². The second-order valence-corrected chi connectivity index (χ2v) is 11.0. The van der Waals surface area contributed by atoms with Crippen molar-refractivity contribution in [2.45, 2.75) is 65.4 Å². The van der Waals surface area contributed by atoms with Gasteiger partial charge in [0.1, 0.15) is 5.60 Å². The quantitative estimate of drug-likeness (QED) is 0.690. The van der Waals surface area contributed by atoms with E-state index in [2.05, 4.69) is 5.32 Å². The first-order valence-corrected chi connectivity index (χ1v) is 12.5. The van der Waals surface area contributed by atoms with E-state index >= 15 is 0 Å². The number of piperidine rings is 2. The van der Waals surface area contributed by atoms with Gasteiger partial charge in [0.15, 0.2) is 0 Å². The fourth-order valence-electron chi connectivity index (χ4n) is 5.18. The summed E-state index contributed by atoms with van der Waals surface area (Å²) in [7, 11) is 0. The van der Waals surface area contributed by atoms with Gasteiger partial charge in [-0.25, -0.2) is 9.59 Å². The third-order valence-corrected chi connectivity index (χ3v) is 7.39. The van der Waals surface area contributed by atoms with Gasteiger partial charge in [-0.05, 0) is 76.5 Å². The first kappa shape index (κ1) is 25.0. The van der Waals surface area contributed by atoms with Crippen LogP contribution in [0.25, 0.3) is 0 Å². The molecule has 0 aliphatic carbocycles. The van der Waals surface area contributed by atoms with Crippen LogP contribution in [0.15, 0.2) is 18.2 Å². The second-order valence-electron chi connectivity index (χ2n) is 11.0. The number of carbonyl (C=O) groups excluding carboxylic acids is 4. The number of urea groups is 1. The largest absolute Gasteiger partial charge is 0.444 e. The fraction of sp³-hybridized carbons (Fsp3) is 0.615. The van der Waals surface area contributed by atoms with E-state index in [0.717, 1.165) is 31.2 Å². The molecule has 1 aromatic rings. The molecule has 4 rings (SSSR count). The van der Waals surface area contributed by atoms with Gasteiger partial charge in [0, 0.05) is 50.4 Å². The summed E-state index contributed by atoms with van der Waals surface area (Å²) in [6.45, 7) is 10.5. The zero-order valence-electron chi connectivity index (χ0n) is 21.2. The number of benzene rings is 1. The van der Waals surface area contributed by atoms with Crippen molar-refractivity contribution in [2.24, 2.45) is 5.41 Å². The molecule has 0 saturated carbocycles. The summed E-state index contributed by atoms with van der Waals surface area (Å²) in [5, 5.41) is 2.34. The van der Waals surface area contributed by atoms with Crippen LogP contribution in [0.5, 0.6) is 0 Å². The lowest BCUT2D eigenvalue weighted by Crippen LogP contribution is -2.50. The molecule has 9 heteroatoms. The molecule has 0 atom stereocenters. The van der Waals surface area contributed by atoms with Gasteiger partial charge < -0.3 is 14.5 Å². The number of hydrogen-bond acceptors (Lipinski definition) is 5.